The number of fused-ring (bicyclic) bond motifs is 2. The van der Waals surface area contributed by atoms with Crippen molar-refractivity contribution >= 4 is 43.2 Å². The van der Waals surface area contributed by atoms with Gasteiger partial charge in [0.25, 0.3) is 0 Å². The summed E-state index contributed by atoms with van der Waals surface area (Å²) in [6.07, 6.45) is 12.2. The zero-order chi connectivity index (χ0) is 42.0. The number of hydrogen-bond acceptors (Lipinski definition) is 12. The van der Waals surface area contributed by atoms with Crippen LogP contribution in [0, 0.1) is 6.92 Å². The molecule has 0 spiro atoms. The number of aryl methyl sites for hydroxylation is 1. The van der Waals surface area contributed by atoms with Crippen molar-refractivity contribution in [1.82, 2.24) is 25.7 Å². The molecular formula is C42H46KN7O7S2. The van der Waals surface area contributed by atoms with E-state index in [4.69, 9.17) is 0 Å². The molecule has 2 aliphatic heterocycles. The fourth-order valence-corrected chi connectivity index (χ4v) is 8.56. The zero-order valence-corrected chi connectivity index (χ0v) is 39.0. The molecule has 14 nitrogen and oxygen atoms in total. The molecule has 1 amide bonds. The second kappa shape index (κ2) is 18.5. The predicted octanol–water partition coefficient (Wildman–Crippen LogP) is 2.73. The fraction of sp³-hybridized carbons (Fsp3) is 0.333. The smallest absolute Gasteiger partial charge is 0.744 e. The summed E-state index contributed by atoms with van der Waals surface area (Å²) < 4.78 is 73.0. The van der Waals surface area contributed by atoms with Crippen LogP contribution in [0.4, 0.5) is 11.4 Å². The number of rotatable bonds is 14. The minimum atomic E-state index is -4.67. The van der Waals surface area contributed by atoms with Crippen LogP contribution < -0.4 is 61.6 Å². The van der Waals surface area contributed by atoms with Crippen molar-refractivity contribution in [1.29, 1.82) is 0 Å². The molecule has 59 heavy (non-hydrogen) atoms. The van der Waals surface area contributed by atoms with Gasteiger partial charge in [0.1, 0.15) is 27.3 Å². The Kier molecular flexibility index (Phi) is 14.5. The number of carbonyl (C=O) groups excluding carboxylic acids is 1. The van der Waals surface area contributed by atoms with Gasteiger partial charge in [-0.1, -0.05) is 62.8 Å². The van der Waals surface area contributed by atoms with Crippen molar-refractivity contribution in [3.8, 4) is 11.4 Å². The van der Waals surface area contributed by atoms with E-state index in [2.05, 4.69) is 30.6 Å². The Hall–Kier alpha value is -3.78. The molecule has 304 valence electrons. The first-order chi connectivity index (χ1) is 27.3. The first-order valence-corrected chi connectivity index (χ1v) is 21.6. The number of nitrogens with one attached hydrogen (secondary N) is 1. The zero-order valence-electron chi connectivity index (χ0n) is 34.3. The van der Waals surface area contributed by atoms with E-state index < -0.39 is 31.1 Å². The number of carbonyl (C=O) groups is 1. The van der Waals surface area contributed by atoms with Gasteiger partial charge >= 0.3 is 51.4 Å². The van der Waals surface area contributed by atoms with E-state index in [9.17, 15) is 30.7 Å². The van der Waals surface area contributed by atoms with Crippen LogP contribution in [0.25, 0.3) is 11.4 Å². The van der Waals surface area contributed by atoms with E-state index >= 15 is 0 Å². The molecule has 0 saturated heterocycles. The monoisotopic (exact) mass is 863 g/mol. The predicted molar refractivity (Wildman–Crippen MR) is 218 cm³/mol. The van der Waals surface area contributed by atoms with Gasteiger partial charge in [0.15, 0.2) is 11.5 Å². The number of unbranched alkanes of at least 4 members (excludes halogenated alkanes) is 2. The Morgan fingerprint density at radius 2 is 1.42 bits per heavy atom. The molecule has 0 saturated carbocycles. The Morgan fingerprint density at radius 3 is 2.07 bits per heavy atom. The number of amides is 1. The molecule has 2 aliphatic rings. The second-order valence-corrected chi connectivity index (χ2v) is 18.2. The number of aromatic nitrogens is 4. The average Bonchev–Trinajstić information content (AvgIpc) is 3.50. The van der Waals surface area contributed by atoms with Crippen molar-refractivity contribution in [2.24, 2.45) is 0 Å². The van der Waals surface area contributed by atoms with Crippen LogP contribution in [0.15, 0.2) is 107 Å². The van der Waals surface area contributed by atoms with E-state index in [-0.39, 0.29) is 67.1 Å². The Balaban J connectivity index is 0.00000661. The maximum absolute atomic E-state index is 12.7. The summed E-state index contributed by atoms with van der Waals surface area (Å²) in [7, 11) is -7.38. The minimum absolute atomic E-state index is 0. The first kappa shape index (κ1) is 46.3. The molecule has 1 N–H and O–H groups in total. The fourth-order valence-electron chi connectivity index (χ4n) is 7.57. The number of anilines is 1. The summed E-state index contributed by atoms with van der Waals surface area (Å²) >= 11 is 0. The standard InChI is InChI=1S/C42H47N7O7S2.K/c1-28-44-46-40(47-45-28)30-18-16-29(17-19-30)27-43-39(50)15-11-8-12-24-49-36-23-21-32(58(54,55)56)26-34(36)42(4,5)38(49)14-10-7-9-13-37-41(2,3)33-25-31(57(51,52)53)20-22-35(33)48(37)6;/h7,9-10,13-14,16-23,25-26H,8,11-12,15,24,27H2,1-6H3,(H2-,43,50,51,52,53,54,55,56);/q;+1/p-1. The van der Waals surface area contributed by atoms with E-state index in [1.807, 2.05) is 94.0 Å². The van der Waals surface area contributed by atoms with Gasteiger partial charge in [0.05, 0.1) is 15.2 Å². The van der Waals surface area contributed by atoms with Crippen molar-refractivity contribution in [3.63, 3.8) is 0 Å². The minimum Gasteiger partial charge on any atom is -0.744 e. The van der Waals surface area contributed by atoms with Crippen molar-refractivity contribution in [2.75, 3.05) is 18.5 Å². The van der Waals surface area contributed by atoms with E-state index in [0.717, 1.165) is 57.9 Å². The maximum Gasteiger partial charge on any atom is 1.00 e. The summed E-state index contributed by atoms with van der Waals surface area (Å²) in [5, 5.41) is 19.0. The van der Waals surface area contributed by atoms with E-state index in [1.165, 1.54) is 24.3 Å². The molecule has 0 atom stereocenters. The molecule has 4 aromatic rings. The quantitative estimate of drug-likeness (QED) is 0.0640. The third kappa shape index (κ3) is 10.4. The van der Waals surface area contributed by atoms with Gasteiger partial charge in [-0.25, -0.2) is 16.8 Å². The molecule has 0 aliphatic carbocycles. The summed E-state index contributed by atoms with van der Waals surface area (Å²) in [5.74, 6) is 0.874. The SMILES string of the molecule is Cc1nnc(-c2ccc(CNC(=O)CCCCCN3/C(=C/C=C/C=C/C4=[N+](C)c5ccc(S(=O)(=O)[O-])cc5C4(C)C)C(C)(C)c4cc(S(=O)(=O)[O-])ccc43)cc2)nn1.[K+]. The average molecular weight is 864 g/mol. The normalized spacial score (nSPS) is 16.5. The van der Waals surface area contributed by atoms with Crippen LogP contribution in [0.2, 0.25) is 0 Å². The largest absolute Gasteiger partial charge is 1.00 e. The molecule has 6 rings (SSSR count). The van der Waals surface area contributed by atoms with Crippen molar-refractivity contribution in [2.45, 2.75) is 87.5 Å². The van der Waals surface area contributed by atoms with Gasteiger partial charge in [0, 0.05) is 59.6 Å². The molecule has 3 aromatic carbocycles. The third-order valence-electron chi connectivity index (χ3n) is 10.7. The third-order valence-corrected chi connectivity index (χ3v) is 12.4. The van der Waals surface area contributed by atoms with Gasteiger partial charge in [-0.05, 0) is 81.1 Å². The molecule has 1 aromatic heterocycles. The summed E-state index contributed by atoms with van der Waals surface area (Å²) in [6.45, 7) is 10.6. The van der Waals surface area contributed by atoms with Crippen LogP contribution in [0.3, 0.4) is 0 Å². The topological polar surface area (TPSA) is 201 Å². The number of hydrogen-bond donors (Lipinski definition) is 1. The van der Waals surface area contributed by atoms with Gasteiger partial charge in [0.2, 0.25) is 17.4 Å². The first-order valence-electron chi connectivity index (χ1n) is 18.8. The molecule has 0 bridgehead atoms. The van der Waals surface area contributed by atoms with Gasteiger partial charge in [-0.3, -0.25) is 4.79 Å². The molecule has 0 radical (unpaired) electrons. The van der Waals surface area contributed by atoms with Crippen LogP contribution >= 0.6 is 0 Å². The van der Waals surface area contributed by atoms with E-state index in [0.29, 0.717) is 37.6 Å². The van der Waals surface area contributed by atoms with Crippen LogP contribution in [-0.2, 0) is 42.4 Å². The molecule has 17 heteroatoms. The number of benzene rings is 3. The van der Waals surface area contributed by atoms with Gasteiger partial charge in [-0.15, -0.1) is 20.4 Å². The Bertz CT molecular complexity index is 2590. The van der Waals surface area contributed by atoms with Crippen LogP contribution in [0.5, 0.6) is 0 Å². The van der Waals surface area contributed by atoms with E-state index in [1.54, 1.807) is 19.1 Å². The summed E-state index contributed by atoms with van der Waals surface area (Å²) in [6, 6.07) is 16.5. The van der Waals surface area contributed by atoms with Crippen molar-refractivity contribution < 1.29 is 86.7 Å². The Morgan fingerprint density at radius 1 is 0.797 bits per heavy atom. The molecule has 3 heterocycles. The summed E-state index contributed by atoms with van der Waals surface area (Å²) in [4.78, 5) is 14.3. The van der Waals surface area contributed by atoms with Crippen molar-refractivity contribution in [3.05, 3.63) is 119 Å². The summed E-state index contributed by atoms with van der Waals surface area (Å²) in [5.41, 5.74) is 5.46. The number of allylic oxidation sites excluding steroid dienone is 6. The molecule has 0 fully saturated rings. The van der Waals surface area contributed by atoms with Crippen LogP contribution in [0.1, 0.15) is 75.9 Å². The molecular weight excluding hydrogens is 818 g/mol. The van der Waals surface area contributed by atoms with Gasteiger partial charge < -0.3 is 19.3 Å². The van der Waals surface area contributed by atoms with Gasteiger partial charge in [-0.2, -0.15) is 4.58 Å². The van der Waals surface area contributed by atoms with Crippen LogP contribution in [-0.4, -0.2) is 76.1 Å². The number of nitrogens with zero attached hydrogens (tertiary/aromatic N) is 6. The second-order valence-electron chi connectivity index (χ2n) is 15.5. The maximum atomic E-state index is 12.7. The Labute approximate surface area is 388 Å². The molecule has 0 unspecified atom stereocenters.